The van der Waals surface area contributed by atoms with E-state index in [2.05, 4.69) is 38.5 Å². The van der Waals surface area contributed by atoms with Gasteiger partial charge in [-0.15, -0.1) is 12.3 Å². The van der Waals surface area contributed by atoms with Gasteiger partial charge in [0.1, 0.15) is 0 Å². The molecule has 2 heterocycles. The minimum Gasteiger partial charge on any atom is -0.326 e. The van der Waals surface area contributed by atoms with Crippen LogP contribution >= 0.6 is 0 Å². The summed E-state index contributed by atoms with van der Waals surface area (Å²) in [6.07, 6.45) is 10.3. The summed E-state index contributed by atoms with van der Waals surface area (Å²) in [6.45, 7) is 3.38. The van der Waals surface area contributed by atoms with Crippen molar-refractivity contribution in [1.82, 2.24) is 4.90 Å². The van der Waals surface area contributed by atoms with E-state index in [1.165, 1.54) is 31.5 Å². The fraction of sp³-hybridized carbons (Fsp3) is 0.526. The number of terminal acetylenes is 1. The summed E-state index contributed by atoms with van der Waals surface area (Å²) in [7, 11) is 0. The van der Waals surface area contributed by atoms with Crippen molar-refractivity contribution < 1.29 is 4.79 Å². The molecule has 5 heteroatoms. The topological polar surface area (TPSA) is 57.1 Å². The normalized spacial score (nSPS) is 18.3. The van der Waals surface area contributed by atoms with Crippen molar-refractivity contribution in [2.24, 2.45) is 10.2 Å². The molecule has 1 aromatic carbocycles. The molecule has 1 aromatic rings. The highest BCUT2D eigenvalue weighted by Gasteiger charge is 2.39. The molecule has 2 aliphatic heterocycles. The van der Waals surface area contributed by atoms with Crippen molar-refractivity contribution in [1.29, 1.82) is 0 Å². The third-order valence-electron chi connectivity index (χ3n) is 4.65. The van der Waals surface area contributed by atoms with Gasteiger partial charge < -0.3 is 5.32 Å². The smallest absolute Gasteiger partial charge is 0.224 e. The maximum atomic E-state index is 12.1. The Morgan fingerprint density at radius 2 is 1.92 bits per heavy atom. The third-order valence-corrected chi connectivity index (χ3v) is 4.65. The van der Waals surface area contributed by atoms with E-state index in [9.17, 15) is 4.79 Å². The molecular formula is C19H24N4O. The molecule has 126 valence electrons. The monoisotopic (exact) mass is 324 g/mol. The summed E-state index contributed by atoms with van der Waals surface area (Å²) < 4.78 is 0. The summed E-state index contributed by atoms with van der Waals surface area (Å²) in [5, 5.41) is 11.1. The van der Waals surface area contributed by atoms with Crippen molar-refractivity contribution in [2.75, 3.05) is 18.4 Å². The van der Waals surface area contributed by atoms with Crippen molar-refractivity contribution in [2.45, 2.75) is 50.7 Å². The van der Waals surface area contributed by atoms with Crippen LogP contribution in [-0.4, -0.2) is 29.6 Å². The van der Waals surface area contributed by atoms with Crippen LogP contribution in [0.5, 0.6) is 0 Å². The number of benzene rings is 1. The number of hydrogen-bond acceptors (Lipinski definition) is 4. The van der Waals surface area contributed by atoms with Gasteiger partial charge >= 0.3 is 0 Å². The zero-order valence-electron chi connectivity index (χ0n) is 14.0. The molecule has 1 saturated heterocycles. The number of hydrogen-bond donors (Lipinski definition) is 1. The second kappa shape index (κ2) is 7.59. The molecule has 0 bridgehead atoms. The zero-order valence-corrected chi connectivity index (χ0v) is 14.0. The summed E-state index contributed by atoms with van der Waals surface area (Å²) in [4.78, 5) is 14.5. The lowest BCUT2D eigenvalue weighted by atomic mass is 10.0. The van der Waals surface area contributed by atoms with Crippen molar-refractivity contribution in [3.63, 3.8) is 0 Å². The van der Waals surface area contributed by atoms with E-state index in [0.29, 0.717) is 19.3 Å². The number of nitrogens with one attached hydrogen (secondary N) is 1. The van der Waals surface area contributed by atoms with Gasteiger partial charge in [0.05, 0.1) is 0 Å². The molecule has 3 rings (SSSR count). The Balaban J connectivity index is 1.42. The number of anilines is 1. The van der Waals surface area contributed by atoms with Crippen LogP contribution < -0.4 is 5.32 Å². The van der Waals surface area contributed by atoms with Crippen molar-refractivity contribution in [3.05, 3.63) is 29.8 Å². The first-order chi connectivity index (χ1) is 11.7. The van der Waals surface area contributed by atoms with Gasteiger partial charge in [0.15, 0.2) is 5.66 Å². The van der Waals surface area contributed by atoms with E-state index >= 15 is 0 Å². The fourth-order valence-corrected chi connectivity index (χ4v) is 3.10. The lowest BCUT2D eigenvalue weighted by Crippen LogP contribution is -2.19. The van der Waals surface area contributed by atoms with Crippen LogP contribution in [-0.2, 0) is 11.3 Å². The van der Waals surface area contributed by atoms with Gasteiger partial charge in [-0.3, -0.25) is 9.69 Å². The second-order valence-electron chi connectivity index (χ2n) is 6.61. The van der Waals surface area contributed by atoms with Crippen LogP contribution in [0.1, 0.15) is 44.1 Å². The quantitative estimate of drug-likeness (QED) is 0.743. The van der Waals surface area contributed by atoms with Gasteiger partial charge in [-0.2, -0.15) is 10.2 Å². The van der Waals surface area contributed by atoms with Crippen LogP contribution in [0, 0.1) is 12.3 Å². The number of rotatable bonds is 8. The average Bonchev–Trinajstić information content (AvgIpc) is 3.18. The predicted octanol–water partition coefficient (Wildman–Crippen LogP) is 3.58. The molecule has 0 unspecified atom stereocenters. The van der Waals surface area contributed by atoms with Crippen molar-refractivity contribution >= 4 is 11.6 Å². The van der Waals surface area contributed by atoms with Gasteiger partial charge in [-0.1, -0.05) is 12.1 Å². The molecule has 2 aliphatic rings. The maximum Gasteiger partial charge on any atom is 0.224 e. The van der Waals surface area contributed by atoms with E-state index < -0.39 is 0 Å². The first-order valence-electron chi connectivity index (χ1n) is 8.68. The highest BCUT2D eigenvalue weighted by atomic mass is 16.1. The van der Waals surface area contributed by atoms with Gasteiger partial charge in [-0.25, -0.2) is 0 Å². The molecule has 1 N–H and O–H groups in total. The predicted molar refractivity (Wildman–Crippen MR) is 94.5 cm³/mol. The molecule has 0 spiro atoms. The number of amides is 1. The lowest BCUT2D eigenvalue weighted by Gasteiger charge is -2.15. The highest BCUT2D eigenvalue weighted by Crippen LogP contribution is 2.37. The average molecular weight is 324 g/mol. The Kier molecular flexibility index (Phi) is 5.27. The van der Waals surface area contributed by atoms with Gasteiger partial charge in [-0.05, 0) is 43.6 Å². The Bertz CT molecular complexity index is 632. The number of likely N-dealkylation sites (tertiary alicyclic amines) is 1. The largest absolute Gasteiger partial charge is 0.326 e. The first kappa shape index (κ1) is 16.7. The number of carbonyl (C=O) groups excluding carboxylic acids is 1. The lowest BCUT2D eigenvalue weighted by molar-refractivity contribution is -0.116. The molecule has 1 amide bonds. The Morgan fingerprint density at radius 3 is 2.54 bits per heavy atom. The van der Waals surface area contributed by atoms with E-state index in [1.807, 2.05) is 12.1 Å². The van der Waals surface area contributed by atoms with Crippen LogP contribution in [0.4, 0.5) is 5.69 Å². The molecule has 0 radical (unpaired) electrons. The Labute approximate surface area is 143 Å². The number of nitrogens with zero attached hydrogens (tertiary/aromatic N) is 3. The van der Waals surface area contributed by atoms with Crippen LogP contribution in [0.3, 0.4) is 0 Å². The maximum absolute atomic E-state index is 12.1. The molecule has 0 atom stereocenters. The van der Waals surface area contributed by atoms with Gasteiger partial charge in [0.25, 0.3) is 0 Å². The molecule has 0 saturated carbocycles. The van der Waals surface area contributed by atoms with Crippen LogP contribution in [0.25, 0.3) is 0 Å². The molecule has 1 fully saturated rings. The summed E-state index contributed by atoms with van der Waals surface area (Å²) in [6, 6.07) is 8.13. The van der Waals surface area contributed by atoms with E-state index in [-0.39, 0.29) is 11.6 Å². The molecule has 0 aromatic heterocycles. The fourth-order valence-electron chi connectivity index (χ4n) is 3.10. The third kappa shape index (κ3) is 4.65. The standard InChI is InChI=1S/C19H24N4O/c1-2-3-11-19(21-22-19)12-10-18(24)20-17-8-6-16(7-9-17)15-23-13-4-5-14-23/h1,6-9H,3-5,10-15H2,(H,20,24). The van der Waals surface area contributed by atoms with E-state index in [0.717, 1.165) is 18.7 Å². The Hall–Kier alpha value is -2.19. The number of carbonyl (C=O) groups is 1. The molecule has 24 heavy (non-hydrogen) atoms. The highest BCUT2D eigenvalue weighted by molar-refractivity contribution is 5.90. The summed E-state index contributed by atoms with van der Waals surface area (Å²) >= 11 is 0. The molecular weight excluding hydrogens is 300 g/mol. The minimum atomic E-state index is -0.386. The second-order valence-corrected chi connectivity index (χ2v) is 6.61. The van der Waals surface area contributed by atoms with Gasteiger partial charge in [0, 0.05) is 37.9 Å². The van der Waals surface area contributed by atoms with Gasteiger partial charge in [0.2, 0.25) is 5.91 Å². The molecule has 0 aliphatic carbocycles. The summed E-state index contributed by atoms with van der Waals surface area (Å²) in [5.74, 6) is 2.60. The Morgan fingerprint density at radius 1 is 1.21 bits per heavy atom. The van der Waals surface area contributed by atoms with E-state index in [4.69, 9.17) is 6.42 Å². The first-order valence-corrected chi connectivity index (χ1v) is 8.68. The minimum absolute atomic E-state index is 0.000300. The van der Waals surface area contributed by atoms with Crippen LogP contribution in [0.2, 0.25) is 0 Å². The summed E-state index contributed by atoms with van der Waals surface area (Å²) in [5.41, 5.74) is 1.75. The van der Waals surface area contributed by atoms with Crippen LogP contribution in [0.15, 0.2) is 34.5 Å². The molecule has 5 nitrogen and oxygen atoms in total. The van der Waals surface area contributed by atoms with Crippen molar-refractivity contribution in [3.8, 4) is 12.3 Å². The SMILES string of the molecule is C#CCCC1(CCC(=O)Nc2ccc(CN3CCCC3)cc2)N=N1. The zero-order chi connectivity index (χ0) is 16.8. The van der Waals surface area contributed by atoms with E-state index in [1.54, 1.807) is 0 Å².